The van der Waals surface area contributed by atoms with E-state index in [9.17, 15) is 0 Å². The smallest absolute Gasteiger partial charge is 0.0233 e. The van der Waals surface area contributed by atoms with E-state index in [1.165, 1.54) is 24.0 Å². The third kappa shape index (κ3) is 4.92. The monoisotopic (exact) mass is 274 g/mol. The van der Waals surface area contributed by atoms with Crippen LogP contribution in [-0.2, 0) is 13.1 Å². The highest BCUT2D eigenvalue weighted by atomic mass is 15.1. The van der Waals surface area contributed by atoms with Crippen molar-refractivity contribution in [3.05, 3.63) is 35.4 Å². The third-order valence-corrected chi connectivity index (χ3v) is 4.30. The molecule has 1 aliphatic rings. The molecule has 1 N–H and O–H groups in total. The lowest BCUT2D eigenvalue weighted by Crippen LogP contribution is -2.30. The molecule has 2 rings (SSSR count). The molecule has 0 aliphatic heterocycles. The number of benzene rings is 1. The first-order valence-corrected chi connectivity index (χ1v) is 8.05. The van der Waals surface area contributed by atoms with Crippen LogP contribution in [0.2, 0.25) is 0 Å². The van der Waals surface area contributed by atoms with E-state index in [0.29, 0.717) is 5.92 Å². The van der Waals surface area contributed by atoms with Crippen molar-refractivity contribution in [1.82, 2.24) is 10.2 Å². The van der Waals surface area contributed by atoms with E-state index < -0.39 is 0 Å². The second-order valence-electron chi connectivity index (χ2n) is 6.84. The summed E-state index contributed by atoms with van der Waals surface area (Å²) in [6, 6.07) is 9.74. The summed E-state index contributed by atoms with van der Waals surface area (Å²) in [4.78, 5) is 2.50. The number of rotatable bonds is 8. The van der Waals surface area contributed by atoms with Crippen LogP contribution in [0.1, 0.15) is 44.7 Å². The minimum absolute atomic E-state index is 0.712. The van der Waals surface area contributed by atoms with E-state index in [4.69, 9.17) is 0 Å². The molecule has 1 aromatic rings. The minimum atomic E-state index is 0.712. The van der Waals surface area contributed by atoms with E-state index in [1.807, 2.05) is 0 Å². The molecule has 1 unspecified atom stereocenters. The van der Waals surface area contributed by atoms with Gasteiger partial charge in [-0.25, -0.2) is 0 Å². The Kier molecular flexibility index (Phi) is 5.62. The van der Waals surface area contributed by atoms with Crippen LogP contribution in [0.15, 0.2) is 24.3 Å². The van der Waals surface area contributed by atoms with Crippen molar-refractivity contribution in [2.75, 3.05) is 13.6 Å². The molecule has 0 radical (unpaired) electrons. The van der Waals surface area contributed by atoms with Crippen molar-refractivity contribution in [2.24, 2.45) is 11.8 Å². The van der Waals surface area contributed by atoms with Crippen LogP contribution in [0.25, 0.3) is 0 Å². The zero-order valence-corrected chi connectivity index (χ0v) is 13.5. The van der Waals surface area contributed by atoms with Crippen LogP contribution >= 0.6 is 0 Å². The van der Waals surface area contributed by atoms with Crippen LogP contribution < -0.4 is 5.32 Å². The quantitative estimate of drug-likeness (QED) is 0.778. The third-order valence-electron chi connectivity index (χ3n) is 4.30. The van der Waals surface area contributed by atoms with Crippen LogP contribution in [0.3, 0.4) is 0 Å². The van der Waals surface area contributed by atoms with Crippen molar-refractivity contribution in [2.45, 2.75) is 52.7 Å². The fourth-order valence-corrected chi connectivity index (χ4v) is 2.71. The Morgan fingerprint density at radius 1 is 1.20 bits per heavy atom. The predicted octanol–water partition coefficient (Wildman–Crippen LogP) is 3.66. The Bertz CT molecular complexity index is 410. The maximum absolute atomic E-state index is 3.52. The van der Waals surface area contributed by atoms with Crippen LogP contribution in [-0.4, -0.2) is 24.5 Å². The van der Waals surface area contributed by atoms with Crippen molar-refractivity contribution in [3.8, 4) is 0 Å². The molecule has 0 bridgehead atoms. The summed E-state index contributed by atoms with van der Waals surface area (Å²) < 4.78 is 0. The number of hydrogen-bond donors (Lipinski definition) is 1. The van der Waals surface area contributed by atoms with Crippen molar-refractivity contribution >= 4 is 0 Å². The van der Waals surface area contributed by atoms with Gasteiger partial charge in [-0.3, -0.25) is 4.90 Å². The van der Waals surface area contributed by atoms with Gasteiger partial charge >= 0.3 is 0 Å². The molecular weight excluding hydrogens is 244 g/mol. The molecule has 20 heavy (non-hydrogen) atoms. The summed E-state index contributed by atoms with van der Waals surface area (Å²) in [5, 5.41) is 3.52. The summed E-state index contributed by atoms with van der Waals surface area (Å²) in [6.07, 6.45) is 2.84. The standard InChI is InChI=1S/C18H30N2/c1-14(2)11-19-12-16-6-5-7-17(10-16)13-20(4)15(3)18-8-9-18/h5-7,10,14-15,18-19H,8-9,11-13H2,1-4H3. The molecule has 2 nitrogen and oxygen atoms in total. The summed E-state index contributed by atoms with van der Waals surface area (Å²) in [5.74, 6) is 1.65. The fraction of sp³-hybridized carbons (Fsp3) is 0.667. The number of nitrogens with zero attached hydrogens (tertiary/aromatic N) is 1. The van der Waals surface area contributed by atoms with Gasteiger partial charge in [-0.05, 0) is 56.3 Å². The van der Waals surface area contributed by atoms with E-state index in [1.54, 1.807) is 0 Å². The largest absolute Gasteiger partial charge is 0.312 e. The van der Waals surface area contributed by atoms with Gasteiger partial charge in [0.1, 0.15) is 0 Å². The van der Waals surface area contributed by atoms with E-state index in [-0.39, 0.29) is 0 Å². The lowest BCUT2D eigenvalue weighted by atomic mass is 10.1. The first-order chi connectivity index (χ1) is 9.56. The molecule has 1 fully saturated rings. The van der Waals surface area contributed by atoms with Crippen LogP contribution in [0.5, 0.6) is 0 Å². The molecule has 0 amide bonds. The summed E-state index contributed by atoms with van der Waals surface area (Å²) in [7, 11) is 2.26. The van der Waals surface area contributed by atoms with E-state index in [2.05, 4.69) is 62.3 Å². The first kappa shape index (κ1) is 15.5. The highest BCUT2D eigenvalue weighted by molar-refractivity contribution is 5.23. The molecular formula is C18H30N2. The molecule has 2 heteroatoms. The fourth-order valence-electron chi connectivity index (χ4n) is 2.71. The van der Waals surface area contributed by atoms with E-state index >= 15 is 0 Å². The van der Waals surface area contributed by atoms with Crippen molar-refractivity contribution < 1.29 is 0 Å². The van der Waals surface area contributed by atoms with Gasteiger partial charge in [0.05, 0.1) is 0 Å². The molecule has 0 saturated heterocycles. The van der Waals surface area contributed by atoms with Gasteiger partial charge in [0, 0.05) is 19.1 Å². The number of hydrogen-bond acceptors (Lipinski definition) is 2. The summed E-state index contributed by atoms with van der Waals surface area (Å²) in [5.41, 5.74) is 2.83. The zero-order chi connectivity index (χ0) is 14.5. The van der Waals surface area contributed by atoms with Gasteiger partial charge in [0.15, 0.2) is 0 Å². The highest BCUT2D eigenvalue weighted by Crippen LogP contribution is 2.35. The molecule has 112 valence electrons. The Labute approximate surface area is 124 Å². The topological polar surface area (TPSA) is 15.3 Å². The Balaban J connectivity index is 1.85. The Morgan fingerprint density at radius 2 is 1.90 bits per heavy atom. The van der Waals surface area contributed by atoms with Crippen molar-refractivity contribution in [3.63, 3.8) is 0 Å². The van der Waals surface area contributed by atoms with Crippen molar-refractivity contribution in [1.29, 1.82) is 0 Å². The van der Waals surface area contributed by atoms with Crippen LogP contribution in [0.4, 0.5) is 0 Å². The predicted molar refractivity (Wildman–Crippen MR) is 86.6 cm³/mol. The van der Waals surface area contributed by atoms with Crippen LogP contribution in [0, 0.1) is 11.8 Å². The average molecular weight is 274 g/mol. The molecule has 1 atom stereocenters. The Hall–Kier alpha value is -0.860. The molecule has 1 aliphatic carbocycles. The zero-order valence-electron chi connectivity index (χ0n) is 13.5. The second-order valence-corrected chi connectivity index (χ2v) is 6.84. The lowest BCUT2D eigenvalue weighted by molar-refractivity contribution is 0.226. The SMILES string of the molecule is CC(C)CNCc1cccc(CN(C)C(C)C2CC2)c1. The van der Waals surface area contributed by atoms with Gasteiger partial charge < -0.3 is 5.32 Å². The maximum atomic E-state index is 3.52. The molecule has 0 heterocycles. The first-order valence-electron chi connectivity index (χ1n) is 8.05. The van der Waals surface area contributed by atoms with Gasteiger partial charge in [0.25, 0.3) is 0 Å². The molecule has 0 spiro atoms. The number of nitrogens with one attached hydrogen (secondary N) is 1. The average Bonchev–Trinajstić information content (AvgIpc) is 3.22. The van der Waals surface area contributed by atoms with Gasteiger partial charge in [-0.2, -0.15) is 0 Å². The second kappa shape index (κ2) is 7.24. The highest BCUT2D eigenvalue weighted by Gasteiger charge is 2.30. The molecule has 1 saturated carbocycles. The van der Waals surface area contributed by atoms with E-state index in [0.717, 1.165) is 31.6 Å². The minimum Gasteiger partial charge on any atom is -0.312 e. The normalized spacial score (nSPS) is 16.9. The lowest BCUT2D eigenvalue weighted by Gasteiger charge is -2.24. The summed E-state index contributed by atoms with van der Waals surface area (Å²) in [6.45, 7) is 9.99. The maximum Gasteiger partial charge on any atom is 0.0233 e. The van der Waals surface area contributed by atoms with Gasteiger partial charge in [-0.1, -0.05) is 38.1 Å². The van der Waals surface area contributed by atoms with Gasteiger partial charge in [0.2, 0.25) is 0 Å². The molecule has 1 aromatic carbocycles. The Morgan fingerprint density at radius 3 is 2.55 bits per heavy atom. The van der Waals surface area contributed by atoms with Gasteiger partial charge in [-0.15, -0.1) is 0 Å². The molecule has 0 aromatic heterocycles. The summed E-state index contributed by atoms with van der Waals surface area (Å²) >= 11 is 0.